The quantitative estimate of drug-likeness (QED) is 0.429. The molecule has 0 spiro atoms. The zero-order valence-electron chi connectivity index (χ0n) is 20.1. The summed E-state index contributed by atoms with van der Waals surface area (Å²) in [7, 11) is 0. The molecule has 8 heteroatoms. The van der Waals surface area contributed by atoms with Crippen LogP contribution < -0.4 is 0 Å². The molecule has 182 valence electrons. The van der Waals surface area contributed by atoms with Gasteiger partial charge in [-0.05, 0) is 74.3 Å². The van der Waals surface area contributed by atoms with E-state index in [-0.39, 0.29) is 17.9 Å². The van der Waals surface area contributed by atoms with E-state index < -0.39 is 0 Å². The fraction of sp³-hybridized carbons (Fsp3) is 0.321. The van der Waals surface area contributed by atoms with Gasteiger partial charge in [-0.15, -0.1) is 0 Å². The third-order valence-corrected chi connectivity index (χ3v) is 7.18. The number of carbonyl (C=O) groups excluding carboxylic acids is 1. The summed E-state index contributed by atoms with van der Waals surface area (Å²) in [4.78, 5) is 35.8. The van der Waals surface area contributed by atoms with E-state index in [1.54, 1.807) is 18.6 Å². The number of likely N-dealkylation sites (tertiary alicyclic amines) is 1. The van der Waals surface area contributed by atoms with Crippen molar-refractivity contribution in [1.82, 2.24) is 34.3 Å². The van der Waals surface area contributed by atoms with Crippen molar-refractivity contribution < 1.29 is 4.79 Å². The van der Waals surface area contributed by atoms with Gasteiger partial charge in [0.05, 0.1) is 6.04 Å². The summed E-state index contributed by atoms with van der Waals surface area (Å²) in [5.74, 6) is 1.13. The first-order valence-corrected chi connectivity index (χ1v) is 12.6. The van der Waals surface area contributed by atoms with E-state index in [0.29, 0.717) is 6.54 Å². The highest BCUT2D eigenvalue weighted by molar-refractivity contribution is 5.80. The number of hydrogen-bond acceptors (Lipinski definition) is 6. The van der Waals surface area contributed by atoms with E-state index in [1.165, 1.54) is 5.56 Å². The zero-order valence-corrected chi connectivity index (χ0v) is 20.1. The van der Waals surface area contributed by atoms with Crippen LogP contribution >= 0.6 is 0 Å². The largest absolute Gasteiger partial charge is 0.319 e. The molecular formula is C28H29N7O. The van der Waals surface area contributed by atoms with Crippen LogP contribution in [0.5, 0.6) is 0 Å². The Morgan fingerprint density at radius 2 is 1.78 bits per heavy atom. The van der Waals surface area contributed by atoms with Gasteiger partial charge in [-0.2, -0.15) is 0 Å². The standard InChI is InChI=1S/C28H29N7O/c36-28(22-8-15-33(16-9-22)20-21-5-3-12-29-19-21)34-17-10-23(11-18-34)35-26-25(7-4-14-31-26)32-27(35)24-6-1-2-13-30-24/h1-7,10,12-14,17,19,22-23H,8-9,11,15-16,18,20H2. The van der Waals surface area contributed by atoms with Crippen LogP contribution in [-0.2, 0) is 11.3 Å². The highest BCUT2D eigenvalue weighted by Crippen LogP contribution is 2.31. The molecule has 0 bridgehead atoms. The van der Waals surface area contributed by atoms with E-state index in [9.17, 15) is 4.79 Å². The van der Waals surface area contributed by atoms with Gasteiger partial charge in [-0.3, -0.25) is 19.7 Å². The molecule has 0 radical (unpaired) electrons. The molecule has 4 aromatic rings. The summed E-state index contributed by atoms with van der Waals surface area (Å²) in [6.07, 6.45) is 14.0. The van der Waals surface area contributed by atoms with Gasteiger partial charge in [-0.25, -0.2) is 9.97 Å². The van der Waals surface area contributed by atoms with E-state index in [2.05, 4.69) is 36.6 Å². The number of fused-ring (bicyclic) bond motifs is 1. The Morgan fingerprint density at radius 1 is 0.917 bits per heavy atom. The number of piperidine rings is 1. The topological polar surface area (TPSA) is 80.0 Å². The smallest absolute Gasteiger partial charge is 0.229 e. The summed E-state index contributed by atoms with van der Waals surface area (Å²) in [6.45, 7) is 3.45. The average Bonchev–Trinajstić information content (AvgIpc) is 3.34. The monoisotopic (exact) mass is 479 g/mol. The molecule has 2 aliphatic rings. The number of imidazole rings is 1. The Balaban J connectivity index is 1.15. The molecule has 6 heterocycles. The molecule has 36 heavy (non-hydrogen) atoms. The van der Waals surface area contributed by atoms with Crippen molar-refractivity contribution in [2.24, 2.45) is 5.92 Å². The minimum Gasteiger partial charge on any atom is -0.319 e. The van der Waals surface area contributed by atoms with E-state index in [4.69, 9.17) is 4.98 Å². The summed E-state index contributed by atoms with van der Waals surface area (Å²) in [6, 6.07) is 13.9. The number of carbonyl (C=O) groups is 1. The maximum absolute atomic E-state index is 13.3. The Labute approximate surface area is 210 Å². The van der Waals surface area contributed by atoms with Gasteiger partial charge in [0.15, 0.2) is 11.5 Å². The second kappa shape index (κ2) is 9.99. The molecule has 1 fully saturated rings. The fourth-order valence-corrected chi connectivity index (χ4v) is 5.29. The lowest BCUT2D eigenvalue weighted by Crippen LogP contribution is -2.42. The van der Waals surface area contributed by atoms with E-state index in [0.717, 1.165) is 61.6 Å². The molecule has 1 amide bonds. The first kappa shape index (κ1) is 22.5. The highest BCUT2D eigenvalue weighted by atomic mass is 16.2. The Morgan fingerprint density at radius 3 is 2.53 bits per heavy atom. The van der Waals surface area contributed by atoms with Crippen LogP contribution in [-0.4, -0.2) is 59.8 Å². The summed E-state index contributed by atoms with van der Waals surface area (Å²) >= 11 is 0. The number of allylic oxidation sites excluding steroid dienone is 1. The molecule has 6 rings (SSSR count). The van der Waals surface area contributed by atoms with Crippen molar-refractivity contribution in [1.29, 1.82) is 0 Å². The van der Waals surface area contributed by atoms with Crippen LogP contribution in [0.3, 0.4) is 0 Å². The molecule has 8 nitrogen and oxygen atoms in total. The highest BCUT2D eigenvalue weighted by Gasteiger charge is 2.30. The van der Waals surface area contributed by atoms with Crippen LogP contribution in [0.25, 0.3) is 22.7 Å². The van der Waals surface area contributed by atoms with Gasteiger partial charge < -0.3 is 9.47 Å². The Bertz CT molecular complexity index is 1360. The van der Waals surface area contributed by atoms with Crippen molar-refractivity contribution in [3.63, 3.8) is 0 Å². The molecule has 0 saturated carbocycles. The van der Waals surface area contributed by atoms with Gasteiger partial charge in [0, 0.05) is 50.0 Å². The fourth-order valence-electron chi connectivity index (χ4n) is 5.29. The van der Waals surface area contributed by atoms with Crippen molar-refractivity contribution in [3.05, 3.63) is 85.1 Å². The second-order valence-corrected chi connectivity index (χ2v) is 9.51. The molecule has 4 aromatic heterocycles. The van der Waals surface area contributed by atoms with Crippen LogP contribution in [0.2, 0.25) is 0 Å². The van der Waals surface area contributed by atoms with Crippen molar-refractivity contribution >= 4 is 17.1 Å². The summed E-state index contributed by atoms with van der Waals surface area (Å²) in [5, 5.41) is 0. The molecule has 0 N–H and O–H groups in total. The van der Waals surface area contributed by atoms with Crippen LogP contribution in [0.4, 0.5) is 0 Å². The van der Waals surface area contributed by atoms with E-state index in [1.807, 2.05) is 53.7 Å². The number of amides is 1. The predicted octanol–water partition coefficient (Wildman–Crippen LogP) is 4.09. The zero-order chi connectivity index (χ0) is 24.3. The number of pyridine rings is 3. The van der Waals surface area contributed by atoms with Crippen molar-refractivity contribution in [3.8, 4) is 11.5 Å². The number of rotatable bonds is 5. The maximum Gasteiger partial charge on any atom is 0.229 e. The van der Waals surface area contributed by atoms with Crippen LogP contribution in [0.15, 0.2) is 79.5 Å². The minimum absolute atomic E-state index is 0.0623. The van der Waals surface area contributed by atoms with Gasteiger partial charge in [0.2, 0.25) is 5.91 Å². The van der Waals surface area contributed by atoms with Crippen molar-refractivity contribution in [2.45, 2.75) is 31.8 Å². The summed E-state index contributed by atoms with van der Waals surface area (Å²) < 4.78 is 2.16. The lowest BCUT2D eigenvalue weighted by molar-refractivity contribution is -0.134. The van der Waals surface area contributed by atoms with Gasteiger partial charge in [0.1, 0.15) is 11.2 Å². The normalized spacial score (nSPS) is 19.1. The molecule has 1 unspecified atom stereocenters. The molecule has 2 aliphatic heterocycles. The van der Waals surface area contributed by atoms with Gasteiger partial charge >= 0.3 is 0 Å². The number of hydrogen-bond donors (Lipinski definition) is 0. The lowest BCUT2D eigenvalue weighted by atomic mass is 9.94. The molecular weight excluding hydrogens is 450 g/mol. The average molecular weight is 480 g/mol. The Hall–Kier alpha value is -3.91. The van der Waals surface area contributed by atoms with Crippen LogP contribution in [0, 0.1) is 5.92 Å². The Kier molecular flexibility index (Phi) is 6.26. The predicted molar refractivity (Wildman–Crippen MR) is 138 cm³/mol. The van der Waals surface area contributed by atoms with Crippen molar-refractivity contribution in [2.75, 3.05) is 19.6 Å². The molecule has 1 atom stereocenters. The summed E-state index contributed by atoms with van der Waals surface area (Å²) in [5.41, 5.74) is 3.73. The molecule has 0 aromatic carbocycles. The maximum atomic E-state index is 13.3. The first-order chi connectivity index (χ1) is 17.8. The third kappa shape index (κ3) is 4.52. The SMILES string of the molecule is O=C(C1CCN(Cc2cccnc2)CC1)N1C=CC(n2c(-c3ccccn3)nc3cccnc32)CC1. The molecule has 0 aliphatic carbocycles. The van der Waals surface area contributed by atoms with Gasteiger partial charge in [-0.1, -0.05) is 12.1 Å². The van der Waals surface area contributed by atoms with E-state index >= 15 is 0 Å². The minimum atomic E-state index is 0.0623. The van der Waals surface area contributed by atoms with Crippen LogP contribution in [0.1, 0.15) is 30.9 Å². The van der Waals surface area contributed by atoms with Gasteiger partial charge in [0.25, 0.3) is 0 Å². The third-order valence-electron chi connectivity index (χ3n) is 7.18. The molecule has 1 saturated heterocycles. The lowest BCUT2D eigenvalue weighted by Gasteiger charge is -2.35. The number of aromatic nitrogens is 5. The number of nitrogens with zero attached hydrogens (tertiary/aromatic N) is 7. The second-order valence-electron chi connectivity index (χ2n) is 9.51. The first-order valence-electron chi connectivity index (χ1n) is 12.6.